The molecule has 2 fully saturated rings. The lowest BCUT2D eigenvalue weighted by Crippen LogP contribution is -2.27. The van der Waals surface area contributed by atoms with Gasteiger partial charge in [-0.15, -0.1) is 0 Å². The molecule has 2 saturated carbocycles. The highest BCUT2D eigenvalue weighted by molar-refractivity contribution is 5.36. The molecule has 2 aliphatic carbocycles. The Morgan fingerprint density at radius 3 is 2.85 bits per heavy atom. The number of nitrogens with zero attached hydrogens (tertiary/aromatic N) is 5. The molecule has 0 radical (unpaired) electrons. The van der Waals surface area contributed by atoms with Crippen LogP contribution in [0.1, 0.15) is 25.7 Å². The zero-order chi connectivity index (χ0) is 13.5. The van der Waals surface area contributed by atoms with Gasteiger partial charge in [-0.25, -0.2) is 4.98 Å². The van der Waals surface area contributed by atoms with E-state index in [1.807, 2.05) is 0 Å². The predicted molar refractivity (Wildman–Crippen MR) is 74.2 cm³/mol. The van der Waals surface area contributed by atoms with Crippen LogP contribution in [-0.2, 0) is 0 Å². The SMILES string of the molecule is Nc1nc(NC2CC3CCC2C3)nc(-n2ccnc2)n1. The molecule has 2 heterocycles. The summed E-state index contributed by atoms with van der Waals surface area (Å²) >= 11 is 0. The summed E-state index contributed by atoms with van der Waals surface area (Å²) in [5.41, 5.74) is 5.78. The quantitative estimate of drug-likeness (QED) is 0.872. The van der Waals surface area contributed by atoms with Gasteiger partial charge in [-0.2, -0.15) is 15.0 Å². The average Bonchev–Trinajstić information content (AvgIpc) is 3.16. The maximum Gasteiger partial charge on any atom is 0.241 e. The van der Waals surface area contributed by atoms with Gasteiger partial charge in [0.15, 0.2) is 0 Å². The van der Waals surface area contributed by atoms with Crippen molar-refractivity contribution >= 4 is 11.9 Å². The average molecular weight is 271 g/mol. The van der Waals surface area contributed by atoms with E-state index >= 15 is 0 Å². The summed E-state index contributed by atoms with van der Waals surface area (Å²) in [5.74, 6) is 2.94. The molecule has 2 bridgehead atoms. The lowest BCUT2D eigenvalue weighted by molar-refractivity contribution is 0.438. The molecule has 3 atom stereocenters. The highest BCUT2D eigenvalue weighted by atomic mass is 15.3. The minimum atomic E-state index is 0.231. The normalized spacial score (nSPS) is 27.9. The van der Waals surface area contributed by atoms with Crippen LogP contribution in [0.2, 0.25) is 0 Å². The van der Waals surface area contributed by atoms with Gasteiger partial charge in [0, 0.05) is 18.4 Å². The zero-order valence-corrected chi connectivity index (χ0v) is 11.1. The molecule has 0 amide bonds. The molecule has 4 rings (SSSR count). The molecule has 7 nitrogen and oxygen atoms in total. The Bertz CT molecular complexity index is 609. The van der Waals surface area contributed by atoms with Crippen molar-refractivity contribution in [3.8, 4) is 5.95 Å². The van der Waals surface area contributed by atoms with Crippen molar-refractivity contribution in [2.24, 2.45) is 11.8 Å². The molecular formula is C13H17N7. The van der Waals surface area contributed by atoms with Crippen molar-refractivity contribution in [3.05, 3.63) is 18.7 Å². The van der Waals surface area contributed by atoms with E-state index in [2.05, 4.69) is 25.3 Å². The zero-order valence-electron chi connectivity index (χ0n) is 11.1. The van der Waals surface area contributed by atoms with E-state index < -0.39 is 0 Å². The number of fused-ring (bicyclic) bond motifs is 2. The van der Waals surface area contributed by atoms with Crippen LogP contribution in [0.15, 0.2) is 18.7 Å². The summed E-state index contributed by atoms with van der Waals surface area (Å²) < 4.78 is 1.73. The highest BCUT2D eigenvalue weighted by Crippen LogP contribution is 2.45. The summed E-state index contributed by atoms with van der Waals surface area (Å²) in [6, 6.07) is 0.478. The maximum absolute atomic E-state index is 5.78. The first-order valence-electron chi connectivity index (χ1n) is 7.04. The molecular weight excluding hydrogens is 254 g/mol. The van der Waals surface area contributed by atoms with Gasteiger partial charge in [0.25, 0.3) is 0 Å². The number of imidazole rings is 1. The van der Waals surface area contributed by atoms with E-state index in [0.717, 1.165) is 11.8 Å². The second-order valence-electron chi connectivity index (χ2n) is 5.71. The second kappa shape index (κ2) is 4.43. The molecule has 0 aromatic carbocycles. The molecule has 3 unspecified atom stereocenters. The maximum atomic E-state index is 5.78. The van der Waals surface area contributed by atoms with E-state index in [-0.39, 0.29) is 5.95 Å². The van der Waals surface area contributed by atoms with Crippen molar-refractivity contribution in [2.45, 2.75) is 31.7 Å². The lowest BCUT2D eigenvalue weighted by atomic mass is 9.95. The van der Waals surface area contributed by atoms with Crippen LogP contribution in [0, 0.1) is 11.8 Å². The van der Waals surface area contributed by atoms with E-state index in [1.54, 1.807) is 23.3 Å². The van der Waals surface area contributed by atoms with E-state index in [9.17, 15) is 0 Å². The Hall–Kier alpha value is -2.18. The molecule has 3 N–H and O–H groups in total. The van der Waals surface area contributed by atoms with E-state index in [0.29, 0.717) is 17.9 Å². The summed E-state index contributed by atoms with van der Waals surface area (Å²) in [5, 5.41) is 3.44. The number of hydrogen-bond acceptors (Lipinski definition) is 6. The number of anilines is 2. The number of hydrogen-bond donors (Lipinski definition) is 2. The Labute approximate surface area is 116 Å². The smallest absolute Gasteiger partial charge is 0.241 e. The molecule has 2 aromatic rings. The first-order valence-corrected chi connectivity index (χ1v) is 7.04. The molecule has 20 heavy (non-hydrogen) atoms. The van der Waals surface area contributed by atoms with Crippen LogP contribution in [0.5, 0.6) is 0 Å². The van der Waals surface area contributed by atoms with Crippen LogP contribution >= 0.6 is 0 Å². The Balaban J connectivity index is 1.59. The van der Waals surface area contributed by atoms with Crippen molar-refractivity contribution in [3.63, 3.8) is 0 Å². The first kappa shape index (κ1) is 11.6. The summed E-state index contributed by atoms with van der Waals surface area (Å²) in [7, 11) is 0. The Kier molecular flexibility index (Phi) is 2.58. The second-order valence-corrected chi connectivity index (χ2v) is 5.71. The van der Waals surface area contributed by atoms with Gasteiger partial charge in [0.1, 0.15) is 6.33 Å². The van der Waals surface area contributed by atoms with E-state index in [4.69, 9.17) is 5.73 Å². The fourth-order valence-electron chi connectivity index (χ4n) is 3.53. The fourth-order valence-corrected chi connectivity index (χ4v) is 3.53. The predicted octanol–water partition coefficient (Wildman–Crippen LogP) is 1.24. The third kappa shape index (κ3) is 1.99. The largest absolute Gasteiger partial charge is 0.368 e. The van der Waals surface area contributed by atoms with Gasteiger partial charge in [-0.05, 0) is 31.1 Å². The molecule has 0 aliphatic heterocycles. The Morgan fingerprint density at radius 2 is 2.15 bits per heavy atom. The van der Waals surface area contributed by atoms with Crippen LogP contribution in [-0.4, -0.2) is 30.5 Å². The summed E-state index contributed by atoms with van der Waals surface area (Å²) in [4.78, 5) is 16.8. The molecule has 2 aromatic heterocycles. The standard InChI is InChI=1S/C13H17N7/c14-11-17-12(16-10-6-8-1-2-9(10)5-8)19-13(18-11)20-4-3-15-7-20/h3-4,7-10H,1-2,5-6H2,(H3,14,16,17,18,19). The van der Waals surface area contributed by atoms with Gasteiger partial charge in [-0.1, -0.05) is 6.42 Å². The van der Waals surface area contributed by atoms with Crippen LogP contribution in [0.25, 0.3) is 5.95 Å². The topological polar surface area (TPSA) is 94.5 Å². The summed E-state index contributed by atoms with van der Waals surface area (Å²) in [6.07, 6.45) is 10.4. The number of nitrogens with two attached hydrogens (primary N) is 1. The van der Waals surface area contributed by atoms with Crippen LogP contribution < -0.4 is 11.1 Å². The van der Waals surface area contributed by atoms with Crippen molar-refractivity contribution in [1.82, 2.24) is 24.5 Å². The van der Waals surface area contributed by atoms with Gasteiger partial charge in [-0.3, -0.25) is 4.57 Å². The third-order valence-electron chi connectivity index (χ3n) is 4.43. The Morgan fingerprint density at radius 1 is 1.20 bits per heavy atom. The number of nitrogens with one attached hydrogen (secondary N) is 1. The molecule has 0 saturated heterocycles. The molecule has 0 spiro atoms. The lowest BCUT2D eigenvalue weighted by Gasteiger charge is -2.22. The van der Waals surface area contributed by atoms with Crippen LogP contribution in [0.4, 0.5) is 11.9 Å². The number of aromatic nitrogens is 5. The van der Waals surface area contributed by atoms with Crippen LogP contribution in [0.3, 0.4) is 0 Å². The molecule has 2 aliphatic rings. The van der Waals surface area contributed by atoms with Crippen molar-refractivity contribution in [1.29, 1.82) is 0 Å². The highest BCUT2D eigenvalue weighted by Gasteiger charge is 2.39. The third-order valence-corrected chi connectivity index (χ3v) is 4.43. The summed E-state index contributed by atoms with van der Waals surface area (Å²) in [6.45, 7) is 0. The van der Waals surface area contributed by atoms with Gasteiger partial charge in [0.2, 0.25) is 17.8 Å². The fraction of sp³-hybridized carbons (Fsp3) is 0.538. The number of nitrogen functional groups attached to an aromatic ring is 1. The monoisotopic (exact) mass is 271 g/mol. The number of rotatable bonds is 3. The van der Waals surface area contributed by atoms with Crippen molar-refractivity contribution < 1.29 is 0 Å². The van der Waals surface area contributed by atoms with E-state index in [1.165, 1.54) is 25.7 Å². The van der Waals surface area contributed by atoms with Gasteiger partial charge in [0.05, 0.1) is 0 Å². The molecule has 104 valence electrons. The van der Waals surface area contributed by atoms with Gasteiger partial charge < -0.3 is 11.1 Å². The van der Waals surface area contributed by atoms with Crippen molar-refractivity contribution in [2.75, 3.05) is 11.1 Å². The minimum Gasteiger partial charge on any atom is -0.368 e. The minimum absolute atomic E-state index is 0.231. The van der Waals surface area contributed by atoms with Gasteiger partial charge >= 0.3 is 0 Å². The first-order chi connectivity index (χ1) is 9.78. The molecule has 7 heteroatoms.